The Morgan fingerprint density at radius 1 is 1.10 bits per heavy atom. The van der Waals surface area contributed by atoms with Gasteiger partial charge in [-0.25, -0.2) is 0 Å². The molecule has 1 aliphatic heterocycles. The molecule has 1 aliphatic rings. The van der Waals surface area contributed by atoms with Crippen molar-refractivity contribution in [2.24, 2.45) is 0 Å². The molecule has 2 aromatic carbocycles. The topological polar surface area (TPSA) is 46.5 Å². The maximum atomic E-state index is 12.2. The van der Waals surface area contributed by atoms with Crippen LogP contribution >= 0.6 is 23.2 Å². The lowest BCUT2D eigenvalue weighted by molar-refractivity contribution is 0.101. The highest BCUT2D eigenvalue weighted by molar-refractivity contribution is 6.32. The summed E-state index contributed by atoms with van der Waals surface area (Å²) in [7, 11) is 0. The fraction of sp³-hybridized carbons (Fsp3) is 0. The molecular formula is C15H8Cl2O3. The first kappa shape index (κ1) is 13.0. The highest BCUT2D eigenvalue weighted by Gasteiger charge is 2.27. The molecule has 1 N–H and O–H groups in total. The van der Waals surface area contributed by atoms with E-state index in [1.165, 1.54) is 6.07 Å². The second-order valence-corrected chi connectivity index (χ2v) is 5.13. The SMILES string of the molecule is O=C1/C(=C/c2ccc(O)c(Cl)c2)Oc2ccc(Cl)cc21. The number of allylic oxidation sites excluding steroid dienone is 1. The maximum absolute atomic E-state index is 12.2. The molecule has 0 amide bonds. The molecule has 0 radical (unpaired) electrons. The van der Waals surface area contributed by atoms with Crippen LogP contribution in [-0.2, 0) is 0 Å². The van der Waals surface area contributed by atoms with Crippen molar-refractivity contribution in [2.75, 3.05) is 0 Å². The third-order valence-corrected chi connectivity index (χ3v) is 3.44. The van der Waals surface area contributed by atoms with Crippen LogP contribution in [0.1, 0.15) is 15.9 Å². The number of carbonyl (C=O) groups excluding carboxylic acids is 1. The first-order chi connectivity index (χ1) is 9.54. The Kier molecular flexibility index (Phi) is 3.16. The van der Waals surface area contributed by atoms with Crippen molar-refractivity contribution in [1.82, 2.24) is 0 Å². The molecule has 0 saturated heterocycles. The molecule has 0 fully saturated rings. The highest BCUT2D eigenvalue weighted by Crippen LogP contribution is 2.34. The van der Waals surface area contributed by atoms with Gasteiger partial charge in [-0.3, -0.25) is 4.79 Å². The van der Waals surface area contributed by atoms with Gasteiger partial charge < -0.3 is 9.84 Å². The highest BCUT2D eigenvalue weighted by atomic mass is 35.5. The van der Waals surface area contributed by atoms with E-state index in [2.05, 4.69) is 0 Å². The third-order valence-electron chi connectivity index (χ3n) is 2.90. The van der Waals surface area contributed by atoms with Crippen molar-refractivity contribution in [1.29, 1.82) is 0 Å². The number of halogens is 2. The lowest BCUT2D eigenvalue weighted by Gasteiger charge is -2.00. The number of hydrogen-bond donors (Lipinski definition) is 1. The van der Waals surface area contributed by atoms with Crippen LogP contribution in [0.5, 0.6) is 11.5 Å². The normalized spacial score (nSPS) is 15.3. The zero-order valence-corrected chi connectivity index (χ0v) is 11.6. The molecule has 0 unspecified atom stereocenters. The van der Waals surface area contributed by atoms with Crippen LogP contribution in [0.15, 0.2) is 42.2 Å². The number of carbonyl (C=O) groups is 1. The van der Waals surface area contributed by atoms with Gasteiger partial charge in [-0.1, -0.05) is 29.3 Å². The number of phenols is 1. The summed E-state index contributed by atoms with van der Waals surface area (Å²) in [5.74, 6) is 0.439. The second kappa shape index (κ2) is 4.85. The Hall–Kier alpha value is -1.97. The predicted octanol–water partition coefficient (Wildman–Crippen LogP) is 4.32. The van der Waals surface area contributed by atoms with E-state index in [4.69, 9.17) is 27.9 Å². The largest absolute Gasteiger partial charge is 0.506 e. The Labute approximate surface area is 125 Å². The summed E-state index contributed by atoms with van der Waals surface area (Å²) in [6.45, 7) is 0. The fourth-order valence-corrected chi connectivity index (χ4v) is 2.29. The monoisotopic (exact) mass is 306 g/mol. The van der Waals surface area contributed by atoms with Crippen molar-refractivity contribution >= 4 is 35.1 Å². The third kappa shape index (κ3) is 2.26. The molecule has 3 nitrogen and oxygen atoms in total. The quantitative estimate of drug-likeness (QED) is 0.798. The van der Waals surface area contributed by atoms with Gasteiger partial charge in [-0.05, 0) is 42.0 Å². The summed E-state index contributed by atoms with van der Waals surface area (Å²) in [4.78, 5) is 12.2. The number of Topliss-reactive ketones (excluding diaryl/α,β-unsaturated/α-hetero) is 1. The van der Waals surface area contributed by atoms with Gasteiger partial charge in [0.25, 0.3) is 0 Å². The van der Waals surface area contributed by atoms with Crippen LogP contribution < -0.4 is 4.74 Å². The first-order valence-corrected chi connectivity index (χ1v) is 6.52. The number of phenolic OH excluding ortho intramolecular Hbond substituents is 1. The number of ether oxygens (including phenoxy) is 1. The molecule has 0 aliphatic carbocycles. The fourth-order valence-electron chi connectivity index (χ4n) is 1.93. The summed E-state index contributed by atoms with van der Waals surface area (Å²) in [5, 5.41) is 10.1. The molecule has 2 aromatic rings. The average molecular weight is 307 g/mol. The summed E-state index contributed by atoms with van der Waals surface area (Å²) in [6.07, 6.45) is 1.57. The molecule has 5 heteroatoms. The van der Waals surface area contributed by atoms with Gasteiger partial charge in [-0.2, -0.15) is 0 Å². The molecule has 0 atom stereocenters. The Balaban J connectivity index is 1.99. The van der Waals surface area contributed by atoms with Crippen LogP contribution in [0, 0.1) is 0 Å². The number of rotatable bonds is 1. The van der Waals surface area contributed by atoms with Crippen LogP contribution in [0.3, 0.4) is 0 Å². The van der Waals surface area contributed by atoms with Gasteiger partial charge >= 0.3 is 0 Å². The van der Waals surface area contributed by atoms with E-state index in [0.717, 1.165) is 0 Å². The average Bonchev–Trinajstić information content (AvgIpc) is 2.71. The number of aromatic hydroxyl groups is 1. The molecule has 1 heterocycles. The van der Waals surface area contributed by atoms with E-state index in [1.807, 2.05) is 0 Å². The molecular weight excluding hydrogens is 299 g/mol. The van der Waals surface area contributed by atoms with Crippen molar-refractivity contribution in [3.05, 3.63) is 63.3 Å². The van der Waals surface area contributed by atoms with Crippen molar-refractivity contribution in [2.45, 2.75) is 0 Å². The van der Waals surface area contributed by atoms with Gasteiger partial charge in [0.15, 0.2) is 5.76 Å². The van der Waals surface area contributed by atoms with E-state index >= 15 is 0 Å². The minimum Gasteiger partial charge on any atom is -0.506 e. The Morgan fingerprint density at radius 2 is 1.90 bits per heavy atom. The van der Waals surface area contributed by atoms with Gasteiger partial charge in [0.1, 0.15) is 11.5 Å². The number of ketones is 1. The summed E-state index contributed by atoms with van der Waals surface area (Å²) in [5.41, 5.74) is 1.10. The molecule has 3 rings (SSSR count). The molecule has 0 aromatic heterocycles. The minimum atomic E-state index is -0.230. The van der Waals surface area contributed by atoms with Gasteiger partial charge in [0.05, 0.1) is 10.6 Å². The Bertz CT molecular complexity index is 751. The smallest absolute Gasteiger partial charge is 0.232 e. The molecule has 20 heavy (non-hydrogen) atoms. The summed E-state index contributed by atoms with van der Waals surface area (Å²) in [6, 6.07) is 9.54. The van der Waals surface area contributed by atoms with Gasteiger partial charge in [-0.15, -0.1) is 0 Å². The predicted molar refractivity (Wildman–Crippen MR) is 77.5 cm³/mol. The summed E-state index contributed by atoms with van der Waals surface area (Å²) < 4.78 is 5.50. The van der Waals surface area contributed by atoms with Crippen molar-refractivity contribution in [3.63, 3.8) is 0 Å². The lowest BCUT2D eigenvalue weighted by Crippen LogP contribution is -1.98. The molecule has 100 valence electrons. The maximum Gasteiger partial charge on any atom is 0.232 e. The zero-order valence-electron chi connectivity index (χ0n) is 10.1. The lowest BCUT2D eigenvalue weighted by atomic mass is 10.1. The number of fused-ring (bicyclic) bond motifs is 1. The van der Waals surface area contributed by atoms with Crippen molar-refractivity contribution in [3.8, 4) is 11.5 Å². The molecule has 0 bridgehead atoms. The Morgan fingerprint density at radius 3 is 2.65 bits per heavy atom. The van der Waals surface area contributed by atoms with E-state index in [1.54, 1.807) is 36.4 Å². The molecule has 0 saturated carbocycles. The van der Waals surface area contributed by atoms with Crippen LogP contribution in [0.25, 0.3) is 6.08 Å². The van der Waals surface area contributed by atoms with E-state index in [-0.39, 0.29) is 22.3 Å². The second-order valence-electron chi connectivity index (χ2n) is 4.29. The first-order valence-electron chi connectivity index (χ1n) is 5.77. The van der Waals surface area contributed by atoms with Gasteiger partial charge in [0.2, 0.25) is 5.78 Å². The van der Waals surface area contributed by atoms with E-state index in [0.29, 0.717) is 21.9 Å². The van der Waals surface area contributed by atoms with E-state index < -0.39 is 0 Å². The summed E-state index contributed by atoms with van der Waals surface area (Å²) >= 11 is 11.7. The van der Waals surface area contributed by atoms with Crippen LogP contribution in [0.4, 0.5) is 0 Å². The van der Waals surface area contributed by atoms with Crippen LogP contribution in [0.2, 0.25) is 10.0 Å². The minimum absolute atomic E-state index is 0.0115. The number of hydrogen-bond acceptors (Lipinski definition) is 3. The number of benzene rings is 2. The van der Waals surface area contributed by atoms with E-state index in [9.17, 15) is 9.90 Å². The van der Waals surface area contributed by atoms with Crippen molar-refractivity contribution < 1.29 is 14.6 Å². The van der Waals surface area contributed by atoms with Crippen LogP contribution in [-0.4, -0.2) is 10.9 Å². The van der Waals surface area contributed by atoms with Gasteiger partial charge in [0, 0.05) is 5.02 Å². The molecule has 0 spiro atoms. The zero-order chi connectivity index (χ0) is 14.3. The standard InChI is InChI=1S/C15H8Cl2O3/c16-9-2-4-13-10(7-9)15(19)14(20-13)6-8-1-3-12(18)11(17)5-8/h1-7,18H/b14-6-.